The van der Waals surface area contributed by atoms with Crippen molar-refractivity contribution in [2.75, 3.05) is 31.7 Å². The maximum Gasteiger partial charge on any atom is 0.0663 e. The van der Waals surface area contributed by atoms with Crippen molar-refractivity contribution in [1.82, 2.24) is 10.3 Å². The predicted molar refractivity (Wildman–Crippen MR) is 85.3 cm³/mol. The number of anilines is 1. The second-order valence-corrected chi connectivity index (χ2v) is 5.22. The monoisotopic (exact) mass is 279 g/mol. The van der Waals surface area contributed by atoms with Gasteiger partial charge < -0.3 is 15.0 Å². The van der Waals surface area contributed by atoms with Crippen LogP contribution in [0.2, 0.25) is 0 Å². The van der Waals surface area contributed by atoms with Crippen LogP contribution in [0.25, 0.3) is 0 Å². The summed E-state index contributed by atoms with van der Waals surface area (Å²) in [4.78, 5) is 6.83. The molecule has 4 nitrogen and oxygen atoms in total. The summed E-state index contributed by atoms with van der Waals surface area (Å²) in [5.41, 5.74) is 3.59. The van der Waals surface area contributed by atoms with Gasteiger partial charge in [0.15, 0.2) is 0 Å². The lowest BCUT2D eigenvalue weighted by Gasteiger charge is -2.31. The fourth-order valence-electron chi connectivity index (χ4n) is 2.43. The summed E-state index contributed by atoms with van der Waals surface area (Å²) < 4.78 is 5.30. The van der Waals surface area contributed by atoms with Crippen molar-refractivity contribution >= 4 is 5.69 Å². The molecule has 0 saturated carbocycles. The number of rotatable bonds is 9. The number of aryl methyl sites for hydroxylation is 1. The molecule has 1 atom stereocenters. The summed E-state index contributed by atoms with van der Waals surface area (Å²) in [5.74, 6) is 0. The molecule has 20 heavy (non-hydrogen) atoms. The minimum atomic E-state index is 0.358. The van der Waals surface area contributed by atoms with Crippen LogP contribution in [0.4, 0.5) is 5.69 Å². The Morgan fingerprint density at radius 2 is 2.15 bits per heavy atom. The molecule has 4 heteroatoms. The summed E-state index contributed by atoms with van der Waals surface area (Å²) >= 11 is 0. The van der Waals surface area contributed by atoms with Gasteiger partial charge in [0.1, 0.15) is 0 Å². The molecule has 0 bridgehead atoms. The fourth-order valence-corrected chi connectivity index (χ4v) is 2.43. The molecule has 0 amide bonds. The number of likely N-dealkylation sites (N-methyl/N-ethyl adjacent to an activating group) is 1. The van der Waals surface area contributed by atoms with E-state index in [1.165, 1.54) is 11.3 Å². The third kappa shape index (κ3) is 4.76. The van der Waals surface area contributed by atoms with Crippen molar-refractivity contribution in [1.29, 1.82) is 0 Å². The van der Waals surface area contributed by atoms with Crippen LogP contribution in [0.3, 0.4) is 0 Å². The SMILES string of the molecule is CCCNCc1cnc(C)cc1N(CC)C(C)COC. The largest absolute Gasteiger partial charge is 0.383 e. The maximum atomic E-state index is 5.30. The molecule has 1 unspecified atom stereocenters. The van der Waals surface area contributed by atoms with Gasteiger partial charge in [0, 0.05) is 49.4 Å². The van der Waals surface area contributed by atoms with Gasteiger partial charge in [-0.25, -0.2) is 0 Å². The summed E-state index contributed by atoms with van der Waals surface area (Å²) in [6.45, 7) is 12.2. The van der Waals surface area contributed by atoms with Crippen molar-refractivity contribution in [2.45, 2.75) is 46.7 Å². The van der Waals surface area contributed by atoms with Crippen LogP contribution >= 0.6 is 0 Å². The topological polar surface area (TPSA) is 37.4 Å². The van der Waals surface area contributed by atoms with E-state index in [1.807, 2.05) is 13.1 Å². The highest BCUT2D eigenvalue weighted by molar-refractivity contribution is 5.54. The van der Waals surface area contributed by atoms with E-state index in [0.29, 0.717) is 6.04 Å². The minimum Gasteiger partial charge on any atom is -0.383 e. The van der Waals surface area contributed by atoms with Crippen molar-refractivity contribution in [3.63, 3.8) is 0 Å². The minimum absolute atomic E-state index is 0.358. The van der Waals surface area contributed by atoms with Crippen LogP contribution in [0.15, 0.2) is 12.3 Å². The molecule has 1 aromatic heterocycles. The van der Waals surface area contributed by atoms with E-state index in [4.69, 9.17) is 4.74 Å². The first-order chi connectivity index (χ1) is 9.63. The first-order valence-electron chi connectivity index (χ1n) is 7.55. The number of nitrogens with zero attached hydrogens (tertiary/aromatic N) is 2. The maximum absolute atomic E-state index is 5.30. The number of hydrogen-bond donors (Lipinski definition) is 1. The Hall–Kier alpha value is -1.13. The van der Waals surface area contributed by atoms with Gasteiger partial charge in [-0.15, -0.1) is 0 Å². The molecule has 0 aliphatic rings. The number of pyridine rings is 1. The lowest BCUT2D eigenvalue weighted by atomic mass is 10.1. The van der Waals surface area contributed by atoms with Crippen molar-refractivity contribution in [2.24, 2.45) is 0 Å². The van der Waals surface area contributed by atoms with E-state index in [9.17, 15) is 0 Å². The Morgan fingerprint density at radius 3 is 2.75 bits per heavy atom. The summed E-state index contributed by atoms with van der Waals surface area (Å²) in [7, 11) is 1.76. The second-order valence-electron chi connectivity index (χ2n) is 5.22. The number of methoxy groups -OCH3 is 1. The number of ether oxygens (including phenoxy) is 1. The number of nitrogens with one attached hydrogen (secondary N) is 1. The smallest absolute Gasteiger partial charge is 0.0663 e. The summed E-state index contributed by atoms with van der Waals surface area (Å²) in [6.07, 6.45) is 3.14. The zero-order chi connectivity index (χ0) is 15.0. The summed E-state index contributed by atoms with van der Waals surface area (Å²) in [6, 6.07) is 2.54. The molecule has 0 radical (unpaired) electrons. The second kappa shape index (κ2) is 8.93. The zero-order valence-electron chi connectivity index (χ0n) is 13.6. The first-order valence-corrected chi connectivity index (χ1v) is 7.55. The first kappa shape index (κ1) is 16.9. The molecular weight excluding hydrogens is 250 g/mol. The van der Waals surface area contributed by atoms with E-state index in [-0.39, 0.29) is 0 Å². The molecule has 0 aliphatic heterocycles. The molecule has 0 fully saturated rings. The highest BCUT2D eigenvalue weighted by Gasteiger charge is 2.16. The van der Waals surface area contributed by atoms with Gasteiger partial charge in [-0.2, -0.15) is 0 Å². The van der Waals surface area contributed by atoms with Crippen molar-refractivity contribution in [3.05, 3.63) is 23.5 Å². The van der Waals surface area contributed by atoms with Gasteiger partial charge in [0.2, 0.25) is 0 Å². The highest BCUT2D eigenvalue weighted by atomic mass is 16.5. The van der Waals surface area contributed by atoms with Crippen LogP contribution < -0.4 is 10.2 Å². The Kier molecular flexibility index (Phi) is 7.55. The lowest BCUT2D eigenvalue weighted by Crippen LogP contribution is -2.37. The fraction of sp³-hybridized carbons (Fsp3) is 0.688. The van der Waals surface area contributed by atoms with Crippen LogP contribution in [-0.4, -0.2) is 37.8 Å². The van der Waals surface area contributed by atoms with Gasteiger partial charge in [-0.05, 0) is 39.8 Å². The van der Waals surface area contributed by atoms with E-state index in [2.05, 4.69) is 42.0 Å². The van der Waals surface area contributed by atoms with Gasteiger partial charge >= 0.3 is 0 Å². The molecule has 0 aliphatic carbocycles. The third-order valence-corrected chi connectivity index (χ3v) is 3.43. The Bertz CT molecular complexity index is 395. The quantitative estimate of drug-likeness (QED) is 0.705. The Balaban J connectivity index is 2.95. The van der Waals surface area contributed by atoms with Gasteiger partial charge in [-0.1, -0.05) is 6.92 Å². The van der Waals surface area contributed by atoms with Crippen LogP contribution in [0.1, 0.15) is 38.4 Å². The van der Waals surface area contributed by atoms with E-state index < -0.39 is 0 Å². The molecule has 1 rings (SSSR count). The van der Waals surface area contributed by atoms with Crippen LogP contribution in [-0.2, 0) is 11.3 Å². The Labute approximate surface area is 123 Å². The molecule has 0 saturated heterocycles. The van der Waals surface area contributed by atoms with Crippen molar-refractivity contribution < 1.29 is 4.74 Å². The molecule has 0 spiro atoms. The van der Waals surface area contributed by atoms with E-state index in [0.717, 1.165) is 38.4 Å². The Morgan fingerprint density at radius 1 is 1.40 bits per heavy atom. The van der Waals surface area contributed by atoms with Gasteiger partial charge in [-0.3, -0.25) is 4.98 Å². The lowest BCUT2D eigenvalue weighted by molar-refractivity contribution is 0.182. The van der Waals surface area contributed by atoms with Gasteiger partial charge in [0.25, 0.3) is 0 Å². The van der Waals surface area contributed by atoms with Crippen LogP contribution in [0, 0.1) is 6.92 Å². The predicted octanol–water partition coefficient (Wildman–Crippen LogP) is 2.75. The van der Waals surface area contributed by atoms with Gasteiger partial charge in [0.05, 0.1) is 6.61 Å². The number of aromatic nitrogens is 1. The molecule has 1 aromatic rings. The third-order valence-electron chi connectivity index (χ3n) is 3.43. The molecule has 1 heterocycles. The average molecular weight is 279 g/mol. The number of hydrogen-bond acceptors (Lipinski definition) is 4. The van der Waals surface area contributed by atoms with E-state index >= 15 is 0 Å². The molecular formula is C16H29N3O. The molecule has 1 N–H and O–H groups in total. The van der Waals surface area contributed by atoms with Crippen molar-refractivity contribution in [3.8, 4) is 0 Å². The zero-order valence-corrected chi connectivity index (χ0v) is 13.6. The summed E-state index contributed by atoms with van der Waals surface area (Å²) in [5, 5.41) is 3.46. The normalized spacial score (nSPS) is 12.4. The molecule has 114 valence electrons. The van der Waals surface area contributed by atoms with Crippen LogP contribution in [0.5, 0.6) is 0 Å². The average Bonchev–Trinajstić information content (AvgIpc) is 2.42. The highest BCUT2D eigenvalue weighted by Crippen LogP contribution is 2.23. The molecule has 0 aromatic carbocycles. The standard InChI is InChI=1S/C16H29N3O/c1-6-8-17-10-15-11-18-13(3)9-16(15)19(7-2)14(4)12-20-5/h9,11,14,17H,6-8,10,12H2,1-5H3. The van der Waals surface area contributed by atoms with E-state index in [1.54, 1.807) is 7.11 Å².